The van der Waals surface area contributed by atoms with Gasteiger partial charge in [0.25, 0.3) is 5.91 Å². The summed E-state index contributed by atoms with van der Waals surface area (Å²) in [5.41, 5.74) is 1.80. The molecule has 0 aliphatic rings. The van der Waals surface area contributed by atoms with Crippen LogP contribution in [0.4, 0.5) is 5.69 Å². The lowest BCUT2D eigenvalue weighted by molar-refractivity contribution is -0.118. The Bertz CT molecular complexity index is 1210. The second kappa shape index (κ2) is 8.08. The molecule has 29 heavy (non-hydrogen) atoms. The van der Waals surface area contributed by atoms with Gasteiger partial charge in [0.2, 0.25) is 5.91 Å². The zero-order valence-electron chi connectivity index (χ0n) is 15.5. The van der Waals surface area contributed by atoms with Crippen LogP contribution in [-0.2, 0) is 4.79 Å². The Morgan fingerprint density at radius 3 is 2.52 bits per heavy atom. The van der Waals surface area contributed by atoms with Crippen LogP contribution in [0.2, 0.25) is 0 Å². The zero-order chi connectivity index (χ0) is 20.2. The monoisotopic (exact) mass is 385 g/mol. The Balaban J connectivity index is 1.48. The molecule has 1 atom stereocenters. The lowest BCUT2D eigenvalue weighted by atomic mass is 10.1. The largest absolute Gasteiger partial charge is 0.394 e. The first-order valence-electron chi connectivity index (χ1n) is 9.20. The smallest absolute Gasteiger partial charge is 0.252 e. The number of nitrogens with zero attached hydrogens (tertiary/aromatic N) is 1. The van der Waals surface area contributed by atoms with Crippen molar-refractivity contribution in [3.05, 3.63) is 84.6 Å². The molecule has 0 aliphatic heterocycles. The minimum Gasteiger partial charge on any atom is -0.394 e. The zero-order valence-corrected chi connectivity index (χ0v) is 15.5. The van der Waals surface area contributed by atoms with E-state index in [2.05, 4.69) is 15.6 Å². The molecule has 6 heteroatoms. The topological polar surface area (TPSA) is 91.3 Å². The van der Waals surface area contributed by atoms with Gasteiger partial charge >= 0.3 is 0 Å². The number of pyridine rings is 1. The fraction of sp³-hybridized carbons (Fsp3) is 0.0870. The Morgan fingerprint density at radius 2 is 1.69 bits per heavy atom. The first-order chi connectivity index (χ1) is 14.1. The maximum absolute atomic E-state index is 12.6. The van der Waals surface area contributed by atoms with Crippen LogP contribution >= 0.6 is 0 Å². The maximum atomic E-state index is 12.6. The number of benzene rings is 3. The molecular formula is C23H19N3O3. The SMILES string of the molecule is O=C(N[C@@H](CO)C(=O)Nc1ccc2ncccc2c1)c1ccc2ccccc2c1. The second-order valence-electron chi connectivity index (χ2n) is 6.67. The van der Waals surface area contributed by atoms with E-state index in [-0.39, 0.29) is 0 Å². The molecule has 0 saturated carbocycles. The average molecular weight is 385 g/mol. The minimum atomic E-state index is -1.07. The predicted molar refractivity (Wildman–Crippen MR) is 113 cm³/mol. The second-order valence-corrected chi connectivity index (χ2v) is 6.67. The Kier molecular flexibility index (Phi) is 5.18. The van der Waals surface area contributed by atoms with E-state index in [0.717, 1.165) is 21.7 Å². The number of aromatic nitrogens is 1. The normalized spacial score (nSPS) is 11.9. The van der Waals surface area contributed by atoms with E-state index in [4.69, 9.17) is 0 Å². The highest BCUT2D eigenvalue weighted by Crippen LogP contribution is 2.18. The highest BCUT2D eigenvalue weighted by atomic mass is 16.3. The summed E-state index contributed by atoms with van der Waals surface area (Å²) >= 11 is 0. The third-order valence-corrected chi connectivity index (χ3v) is 4.69. The number of carbonyl (C=O) groups is 2. The molecule has 3 aromatic carbocycles. The number of carbonyl (C=O) groups excluding carboxylic acids is 2. The van der Waals surface area contributed by atoms with Crippen LogP contribution in [0.15, 0.2) is 79.0 Å². The van der Waals surface area contributed by atoms with Crippen LogP contribution in [0, 0.1) is 0 Å². The molecule has 0 fully saturated rings. The molecule has 0 saturated heterocycles. The molecule has 144 valence electrons. The Morgan fingerprint density at radius 1 is 0.897 bits per heavy atom. The van der Waals surface area contributed by atoms with E-state index in [0.29, 0.717) is 11.3 Å². The van der Waals surface area contributed by atoms with Gasteiger partial charge in [0, 0.05) is 22.8 Å². The van der Waals surface area contributed by atoms with E-state index in [1.165, 1.54) is 0 Å². The third kappa shape index (κ3) is 4.07. The van der Waals surface area contributed by atoms with Crippen LogP contribution in [0.25, 0.3) is 21.7 Å². The molecule has 0 spiro atoms. The van der Waals surface area contributed by atoms with Gasteiger partial charge in [-0.05, 0) is 47.2 Å². The summed E-state index contributed by atoms with van der Waals surface area (Å²) in [6.45, 7) is -0.514. The standard InChI is InChI=1S/C23H19N3O3/c27-14-21(23(29)25-19-9-10-20-17(13-19)6-3-11-24-20)26-22(28)18-8-7-15-4-1-2-5-16(15)12-18/h1-13,21,27H,14H2,(H,25,29)(H,26,28)/t21-/m0/s1. The molecule has 0 unspecified atom stereocenters. The quantitative estimate of drug-likeness (QED) is 0.492. The van der Waals surface area contributed by atoms with Gasteiger partial charge in [-0.3, -0.25) is 14.6 Å². The van der Waals surface area contributed by atoms with Crippen molar-refractivity contribution >= 4 is 39.2 Å². The Hall–Kier alpha value is -3.77. The van der Waals surface area contributed by atoms with E-state index < -0.39 is 24.5 Å². The summed E-state index contributed by atoms with van der Waals surface area (Å²) in [4.78, 5) is 29.4. The van der Waals surface area contributed by atoms with Crippen molar-refractivity contribution in [3.8, 4) is 0 Å². The van der Waals surface area contributed by atoms with Crippen molar-refractivity contribution in [2.45, 2.75) is 6.04 Å². The number of amides is 2. The van der Waals surface area contributed by atoms with Gasteiger partial charge in [0.05, 0.1) is 12.1 Å². The van der Waals surface area contributed by atoms with Crippen LogP contribution in [0.1, 0.15) is 10.4 Å². The molecule has 0 bridgehead atoms. The molecule has 1 heterocycles. The fourth-order valence-corrected chi connectivity index (χ4v) is 3.15. The fourth-order valence-electron chi connectivity index (χ4n) is 3.15. The number of hydrogen-bond donors (Lipinski definition) is 3. The van der Waals surface area contributed by atoms with Crippen LogP contribution in [0.3, 0.4) is 0 Å². The van der Waals surface area contributed by atoms with Crippen molar-refractivity contribution in [1.82, 2.24) is 10.3 Å². The summed E-state index contributed by atoms with van der Waals surface area (Å²) in [6.07, 6.45) is 1.70. The molecule has 1 aromatic heterocycles. The molecule has 0 radical (unpaired) electrons. The van der Waals surface area contributed by atoms with Crippen LogP contribution in [0.5, 0.6) is 0 Å². The first kappa shape index (κ1) is 18.6. The summed E-state index contributed by atoms with van der Waals surface area (Å²) in [5, 5.41) is 17.8. The Labute approximate surface area is 167 Å². The van der Waals surface area contributed by atoms with E-state index in [9.17, 15) is 14.7 Å². The van der Waals surface area contributed by atoms with E-state index in [1.54, 1.807) is 36.5 Å². The van der Waals surface area contributed by atoms with Crippen molar-refractivity contribution < 1.29 is 14.7 Å². The molecule has 3 N–H and O–H groups in total. The van der Waals surface area contributed by atoms with Crippen molar-refractivity contribution in [2.75, 3.05) is 11.9 Å². The molecule has 4 aromatic rings. The molecule has 6 nitrogen and oxygen atoms in total. The van der Waals surface area contributed by atoms with Crippen LogP contribution in [-0.4, -0.2) is 34.6 Å². The molecule has 0 aliphatic carbocycles. The third-order valence-electron chi connectivity index (χ3n) is 4.69. The number of aliphatic hydroxyl groups excluding tert-OH is 1. The lowest BCUT2D eigenvalue weighted by Crippen LogP contribution is -2.46. The molecule has 2 amide bonds. The van der Waals surface area contributed by atoms with Gasteiger partial charge in [0.1, 0.15) is 6.04 Å². The number of nitrogens with one attached hydrogen (secondary N) is 2. The van der Waals surface area contributed by atoms with Gasteiger partial charge in [-0.25, -0.2) is 0 Å². The summed E-state index contributed by atoms with van der Waals surface area (Å²) in [5.74, 6) is -0.919. The van der Waals surface area contributed by atoms with Crippen molar-refractivity contribution in [1.29, 1.82) is 0 Å². The summed E-state index contributed by atoms with van der Waals surface area (Å²) in [7, 11) is 0. The lowest BCUT2D eigenvalue weighted by Gasteiger charge is -2.16. The summed E-state index contributed by atoms with van der Waals surface area (Å²) < 4.78 is 0. The number of fused-ring (bicyclic) bond motifs is 2. The average Bonchev–Trinajstić information content (AvgIpc) is 2.76. The summed E-state index contributed by atoms with van der Waals surface area (Å²) in [6, 6.07) is 20.9. The number of rotatable bonds is 5. The number of hydrogen-bond acceptors (Lipinski definition) is 4. The van der Waals surface area contributed by atoms with Crippen molar-refractivity contribution in [2.24, 2.45) is 0 Å². The van der Waals surface area contributed by atoms with Gasteiger partial charge in [-0.1, -0.05) is 36.4 Å². The van der Waals surface area contributed by atoms with Crippen LogP contribution < -0.4 is 10.6 Å². The number of anilines is 1. The highest BCUT2D eigenvalue weighted by molar-refractivity contribution is 6.03. The molecular weight excluding hydrogens is 366 g/mol. The first-order valence-corrected chi connectivity index (χ1v) is 9.20. The van der Waals surface area contributed by atoms with E-state index in [1.807, 2.05) is 42.5 Å². The predicted octanol–water partition coefficient (Wildman–Crippen LogP) is 3.12. The minimum absolute atomic E-state index is 0.423. The van der Waals surface area contributed by atoms with Gasteiger partial charge < -0.3 is 15.7 Å². The highest BCUT2D eigenvalue weighted by Gasteiger charge is 2.21. The molecule has 4 rings (SSSR count). The number of aliphatic hydroxyl groups is 1. The van der Waals surface area contributed by atoms with E-state index >= 15 is 0 Å². The van der Waals surface area contributed by atoms with Gasteiger partial charge in [-0.2, -0.15) is 0 Å². The van der Waals surface area contributed by atoms with Crippen molar-refractivity contribution in [3.63, 3.8) is 0 Å². The van der Waals surface area contributed by atoms with Gasteiger partial charge in [-0.15, -0.1) is 0 Å². The maximum Gasteiger partial charge on any atom is 0.252 e. The van der Waals surface area contributed by atoms with Gasteiger partial charge in [0.15, 0.2) is 0 Å².